The summed E-state index contributed by atoms with van der Waals surface area (Å²) >= 11 is 0. The van der Waals surface area contributed by atoms with Crippen LogP contribution in [0.1, 0.15) is 43.7 Å². The van der Waals surface area contributed by atoms with E-state index in [1.54, 1.807) is 0 Å². The number of carbonyl (C=O) groups excluding carboxylic acids is 2. The summed E-state index contributed by atoms with van der Waals surface area (Å²) in [6.07, 6.45) is 3.77. The summed E-state index contributed by atoms with van der Waals surface area (Å²) in [6.45, 7) is 5.62. The van der Waals surface area contributed by atoms with Crippen molar-refractivity contribution in [2.75, 3.05) is 36.0 Å². The molecule has 2 aliphatic rings. The number of para-hydroxylation sites is 1. The normalized spacial score (nSPS) is 15.2. The molecule has 0 saturated carbocycles. The zero-order valence-electron chi connectivity index (χ0n) is 19.8. The third-order valence-electron chi connectivity index (χ3n) is 6.13. The van der Waals surface area contributed by atoms with Gasteiger partial charge in [0.15, 0.2) is 5.96 Å². The van der Waals surface area contributed by atoms with Crippen LogP contribution in [0.15, 0.2) is 53.5 Å². The number of benzene rings is 2. The molecule has 2 heterocycles. The van der Waals surface area contributed by atoms with Crippen molar-refractivity contribution in [1.29, 1.82) is 0 Å². The number of aliphatic imine (C=N–C) groups is 1. The molecule has 8 heteroatoms. The Bertz CT molecular complexity index is 1010. The Labute approximate surface area is 219 Å². The van der Waals surface area contributed by atoms with Gasteiger partial charge in [0.05, 0.1) is 6.54 Å². The summed E-state index contributed by atoms with van der Waals surface area (Å²) in [5, 5.41) is 6.59. The zero-order valence-corrected chi connectivity index (χ0v) is 22.1. The van der Waals surface area contributed by atoms with Crippen LogP contribution in [-0.4, -0.2) is 44.0 Å². The number of hydrogen-bond acceptors (Lipinski definition) is 3. The summed E-state index contributed by atoms with van der Waals surface area (Å²) in [5.41, 5.74) is 4.36. The van der Waals surface area contributed by atoms with Crippen molar-refractivity contribution in [1.82, 2.24) is 10.6 Å². The highest BCUT2D eigenvalue weighted by atomic mass is 127. The Morgan fingerprint density at radius 2 is 1.82 bits per heavy atom. The van der Waals surface area contributed by atoms with Gasteiger partial charge in [-0.15, -0.1) is 24.0 Å². The Balaban J connectivity index is 0.00000324. The van der Waals surface area contributed by atoms with Gasteiger partial charge in [-0.25, -0.2) is 4.99 Å². The number of guanidine groups is 1. The molecule has 0 spiro atoms. The molecule has 2 aromatic rings. The summed E-state index contributed by atoms with van der Waals surface area (Å²) in [5.74, 6) is 1.13. The average Bonchev–Trinajstić information content (AvgIpc) is 3.46. The van der Waals surface area contributed by atoms with Crippen molar-refractivity contribution in [3.8, 4) is 0 Å². The molecular weight excluding hydrogens is 541 g/mol. The van der Waals surface area contributed by atoms with Gasteiger partial charge >= 0.3 is 0 Å². The van der Waals surface area contributed by atoms with Crippen molar-refractivity contribution < 1.29 is 9.59 Å². The van der Waals surface area contributed by atoms with Crippen LogP contribution in [-0.2, 0) is 22.6 Å². The molecule has 0 atom stereocenters. The molecule has 0 aliphatic carbocycles. The van der Waals surface area contributed by atoms with E-state index in [1.165, 1.54) is 5.56 Å². The number of hydrogen-bond donors (Lipinski definition) is 2. The molecule has 182 valence electrons. The van der Waals surface area contributed by atoms with Crippen LogP contribution in [0.3, 0.4) is 0 Å². The smallest absolute Gasteiger partial charge is 0.227 e. The quantitative estimate of drug-likeness (QED) is 0.217. The van der Waals surface area contributed by atoms with Crippen molar-refractivity contribution in [3.05, 3.63) is 59.7 Å². The minimum Gasteiger partial charge on any atom is -0.357 e. The molecule has 0 aromatic heterocycles. The molecule has 1 saturated heterocycles. The van der Waals surface area contributed by atoms with Gasteiger partial charge in [-0.3, -0.25) is 9.59 Å². The fourth-order valence-corrected chi connectivity index (χ4v) is 4.39. The zero-order chi connectivity index (χ0) is 23.0. The number of carbonyl (C=O) groups is 2. The van der Waals surface area contributed by atoms with Crippen LogP contribution < -0.4 is 20.4 Å². The van der Waals surface area contributed by atoms with Crippen LogP contribution in [0.25, 0.3) is 0 Å². The monoisotopic (exact) mass is 575 g/mol. The Morgan fingerprint density at radius 1 is 1.03 bits per heavy atom. The lowest BCUT2D eigenvalue weighted by Gasteiger charge is -2.17. The van der Waals surface area contributed by atoms with E-state index in [9.17, 15) is 9.59 Å². The fraction of sp³-hybridized carbons (Fsp3) is 0.423. The first kappa shape index (κ1) is 26.0. The molecule has 0 unspecified atom stereocenters. The van der Waals surface area contributed by atoms with E-state index in [1.807, 2.05) is 59.2 Å². The number of nitrogens with one attached hydrogen (secondary N) is 2. The molecule has 2 amide bonds. The Hall–Kier alpha value is -2.62. The Kier molecular flexibility index (Phi) is 9.74. The van der Waals surface area contributed by atoms with E-state index in [-0.39, 0.29) is 35.8 Å². The van der Waals surface area contributed by atoms with E-state index < -0.39 is 0 Å². The molecule has 4 rings (SSSR count). The second-order valence-corrected chi connectivity index (χ2v) is 8.46. The summed E-state index contributed by atoms with van der Waals surface area (Å²) in [6, 6.07) is 16.2. The number of anilines is 2. The van der Waals surface area contributed by atoms with E-state index in [0.29, 0.717) is 25.9 Å². The van der Waals surface area contributed by atoms with Crippen molar-refractivity contribution in [2.45, 2.75) is 45.6 Å². The molecule has 2 aromatic carbocycles. The second-order valence-electron chi connectivity index (χ2n) is 8.46. The minimum absolute atomic E-state index is 0. The third kappa shape index (κ3) is 6.49. The third-order valence-corrected chi connectivity index (χ3v) is 6.13. The van der Waals surface area contributed by atoms with Crippen LogP contribution in [0.2, 0.25) is 0 Å². The molecule has 2 aliphatic heterocycles. The highest BCUT2D eigenvalue weighted by molar-refractivity contribution is 14.0. The molecule has 7 nitrogen and oxygen atoms in total. The van der Waals surface area contributed by atoms with Crippen LogP contribution in [0.5, 0.6) is 0 Å². The molecular formula is C26H34IN5O2. The highest BCUT2D eigenvalue weighted by Gasteiger charge is 2.23. The highest BCUT2D eigenvalue weighted by Crippen LogP contribution is 2.28. The van der Waals surface area contributed by atoms with Gasteiger partial charge in [-0.2, -0.15) is 0 Å². The van der Waals surface area contributed by atoms with Gasteiger partial charge in [0.25, 0.3) is 0 Å². The van der Waals surface area contributed by atoms with Gasteiger partial charge < -0.3 is 20.4 Å². The van der Waals surface area contributed by atoms with Gasteiger partial charge in [0.2, 0.25) is 11.8 Å². The largest absolute Gasteiger partial charge is 0.357 e. The lowest BCUT2D eigenvalue weighted by molar-refractivity contribution is -0.118. The van der Waals surface area contributed by atoms with E-state index >= 15 is 0 Å². The predicted octanol–water partition coefficient (Wildman–Crippen LogP) is 3.86. The molecule has 0 bridgehead atoms. The van der Waals surface area contributed by atoms with Crippen molar-refractivity contribution in [3.63, 3.8) is 0 Å². The van der Waals surface area contributed by atoms with Crippen LogP contribution in [0.4, 0.5) is 11.4 Å². The predicted molar refractivity (Wildman–Crippen MR) is 148 cm³/mol. The second kappa shape index (κ2) is 12.7. The number of halogens is 1. The van der Waals surface area contributed by atoms with E-state index in [0.717, 1.165) is 61.8 Å². The molecule has 2 N–H and O–H groups in total. The van der Waals surface area contributed by atoms with Crippen LogP contribution in [0, 0.1) is 0 Å². The first-order valence-corrected chi connectivity index (χ1v) is 12.0. The van der Waals surface area contributed by atoms with Gasteiger partial charge in [-0.1, -0.05) is 30.3 Å². The fourth-order valence-electron chi connectivity index (χ4n) is 4.39. The maximum Gasteiger partial charge on any atom is 0.227 e. The number of nitrogens with zero attached hydrogens (tertiary/aromatic N) is 3. The minimum atomic E-state index is 0. The molecule has 0 radical (unpaired) electrons. The summed E-state index contributed by atoms with van der Waals surface area (Å²) in [4.78, 5) is 33.0. The number of rotatable bonds is 8. The topological polar surface area (TPSA) is 77.0 Å². The lowest BCUT2D eigenvalue weighted by atomic mass is 10.2. The van der Waals surface area contributed by atoms with Gasteiger partial charge in [-0.05, 0) is 55.5 Å². The van der Waals surface area contributed by atoms with E-state index in [2.05, 4.69) is 21.7 Å². The standard InChI is InChI=1S/C26H33N5O2.HI/c1-2-27-26(29-19-20-11-13-22(14-12-20)30-17-6-10-24(30)32)28-16-5-9-25(33)31-18-15-21-7-3-4-8-23(21)31;/h3-4,7-8,11-14H,2,5-6,9-10,15-19H2,1H3,(H2,27,28,29);1H. The maximum absolute atomic E-state index is 12.7. The average molecular weight is 575 g/mol. The number of fused-ring (bicyclic) bond motifs is 1. The first-order chi connectivity index (χ1) is 16.2. The van der Waals surface area contributed by atoms with Crippen molar-refractivity contribution >= 4 is 53.1 Å². The molecule has 1 fully saturated rings. The SMILES string of the molecule is CCNC(=NCc1ccc(N2CCCC2=O)cc1)NCCCC(=O)N1CCc2ccccc21.I. The first-order valence-electron chi connectivity index (χ1n) is 12.0. The van der Waals surface area contributed by atoms with Gasteiger partial charge in [0.1, 0.15) is 0 Å². The van der Waals surface area contributed by atoms with Crippen LogP contribution >= 0.6 is 24.0 Å². The number of amides is 2. The van der Waals surface area contributed by atoms with Gasteiger partial charge in [0, 0.05) is 50.4 Å². The Morgan fingerprint density at radius 3 is 2.56 bits per heavy atom. The summed E-state index contributed by atoms with van der Waals surface area (Å²) < 4.78 is 0. The lowest BCUT2D eigenvalue weighted by Crippen LogP contribution is -2.38. The van der Waals surface area contributed by atoms with E-state index in [4.69, 9.17) is 0 Å². The maximum atomic E-state index is 12.7. The molecule has 34 heavy (non-hydrogen) atoms. The van der Waals surface area contributed by atoms with Crippen molar-refractivity contribution in [2.24, 2.45) is 4.99 Å². The summed E-state index contributed by atoms with van der Waals surface area (Å²) in [7, 11) is 0.